The number of ether oxygens (including phenoxy) is 1. The number of hydrogen-bond donors (Lipinski definition) is 2. The molecule has 2 rings (SSSR count). The molecular weight excluding hydrogens is 276 g/mol. The molecule has 1 aromatic heterocycles. The van der Waals surface area contributed by atoms with E-state index in [1.807, 2.05) is 0 Å². The summed E-state index contributed by atoms with van der Waals surface area (Å²) in [5.41, 5.74) is 6.19. The Hall–Kier alpha value is -3.16. The molecule has 8 heteroatoms. The third-order valence-corrected chi connectivity index (χ3v) is 2.68. The summed E-state index contributed by atoms with van der Waals surface area (Å²) in [6.07, 6.45) is 0. The molecule has 3 N–H and O–H groups in total. The third-order valence-electron chi connectivity index (χ3n) is 2.68. The van der Waals surface area contributed by atoms with Gasteiger partial charge in [-0.1, -0.05) is 11.2 Å². The molecule has 108 valence electrons. The maximum atomic E-state index is 10.7. The number of aromatic nitrogens is 1. The van der Waals surface area contributed by atoms with Gasteiger partial charge in [0.15, 0.2) is 5.84 Å². The number of oxime groups is 1. The maximum Gasteiger partial charge on any atom is 0.272 e. The van der Waals surface area contributed by atoms with Crippen LogP contribution >= 0.6 is 0 Å². The normalized spacial score (nSPS) is 11.2. The predicted octanol–water partition coefficient (Wildman–Crippen LogP) is 2.19. The van der Waals surface area contributed by atoms with E-state index in [4.69, 9.17) is 15.7 Å². The minimum atomic E-state index is -0.462. The van der Waals surface area contributed by atoms with Crippen LogP contribution in [0.5, 0.6) is 11.6 Å². The standard InChI is InChI=1S/C13H12N4O4/c1-8-7-9(5-6-11(8)17(19)20)21-12-4-2-3-10(15-12)13(14)16-18/h2-7,18H,1H3,(H2,14,16). The molecule has 0 aliphatic heterocycles. The number of nitrogens with zero attached hydrogens (tertiary/aromatic N) is 3. The number of nitro benzene ring substituents is 1. The fourth-order valence-electron chi connectivity index (χ4n) is 1.68. The summed E-state index contributed by atoms with van der Waals surface area (Å²) < 4.78 is 5.50. The Morgan fingerprint density at radius 1 is 1.43 bits per heavy atom. The van der Waals surface area contributed by atoms with Crippen molar-refractivity contribution in [2.45, 2.75) is 6.92 Å². The average molecular weight is 288 g/mol. The van der Waals surface area contributed by atoms with Gasteiger partial charge in [0, 0.05) is 17.7 Å². The Morgan fingerprint density at radius 2 is 2.19 bits per heavy atom. The Labute approximate surface area is 119 Å². The Morgan fingerprint density at radius 3 is 2.81 bits per heavy atom. The molecule has 0 aliphatic carbocycles. The number of rotatable bonds is 4. The second-order valence-corrected chi connectivity index (χ2v) is 4.15. The number of nitrogens with two attached hydrogens (primary N) is 1. The monoisotopic (exact) mass is 288 g/mol. The molecule has 0 saturated heterocycles. The summed E-state index contributed by atoms with van der Waals surface area (Å²) in [5, 5.41) is 22.2. The van der Waals surface area contributed by atoms with E-state index in [1.54, 1.807) is 25.1 Å². The second kappa shape index (κ2) is 5.87. The molecule has 0 spiro atoms. The van der Waals surface area contributed by atoms with Gasteiger partial charge >= 0.3 is 0 Å². The van der Waals surface area contributed by atoms with Crippen LogP contribution in [0.25, 0.3) is 0 Å². The summed E-state index contributed by atoms with van der Waals surface area (Å²) in [6.45, 7) is 1.62. The van der Waals surface area contributed by atoms with Crippen molar-refractivity contribution < 1.29 is 14.9 Å². The van der Waals surface area contributed by atoms with Crippen LogP contribution in [0, 0.1) is 17.0 Å². The molecule has 0 unspecified atom stereocenters. The molecule has 21 heavy (non-hydrogen) atoms. The van der Waals surface area contributed by atoms with Crippen molar-refractivity contribution in [1.29, 1.82) is 0 Å². The van der Waals surface area contributed by atoms with Crippen molar-refractivity contribution in [2.24, 2.45) is 10.9 Å². The zero-order valence-corrected chi connectivity index (χ0v) is 11.1. The van der Waals surface area contributed by atoms with Gasteiger partial charge in [-0.2, -0.15) is 0 Å². The van der Waals surface area contributed by atoms with E-state index in [0.717, 1.165) is 0 Å². The molecule has 8 nitrogen and oxygen atoms in total. The average Bonchev–Trinajstić information content (AvgIpc) is 2.46. The first kappa shape index (κ1) is 14.3. The lowest BCUT2D eigenvalue weighted by atomic mass is 10.2. The number of pyridine rings is 1. The highest BCUT2D eigenvalue weighted by atomic mass is 16.6. The van der Waals surface area contributed by atoms with Gasteiger partial charge in [-0.25, -0.2) is 4.98 Å². The number of hydrogen-bond acceptors (Lipinski definition) is 6. The van der Waals surface area contributed by atoms with Gasteiger partial charge in [0.05, 0.1) is 4.92 Å². The van der Waals surface area contributed by atoms with Crippen molar-refractivity contribution in [3.63, 3.8) is 0 Å². The molecular formula is C13H12N4O4. The van der Waals surface area contributed by atoms with Crippen molar-refractivity contribution in [3.05, 3.63) is 57.8 Å². The molecule has 0 bridgehead atoms. The van der Waals surface area contributed by atoms with Gasteiger partial charge < -0.3 is 15.7 Å². The number of nitro groups is 1. The summed E-state index contributed by atoms with van der Waals surface area (Å²) in [5.74, 6) is 0.495. The largest absolute Gasteiger partial charge is 0.439 e. The van der Waals surface area contributed by atoms with E-state index >= 15 is 0 Å². The number of benzene rings is 1. The van der Waals surface area contributed by atoms with Gasteiger partial charge in [-0.15, -0.1) is 0 Å². The molecule has 1 heterocycles. The van der Waals surface area contributed by atoms with Crippen molar-refractivity contribution in [3.8, 4) is 11.6 Å². The molecule has 0 atom stereocenters. The first-order valence-electron chi connectivity index (χ1n) is 5.89. The van der Waals surface area contributed by atoms with E-state index in [9.17, 15) is 10.1 Å². The first-order chi connectivity index (χ1) is 10.0. The van der Waals surface area contributed by atoms with Crippen LogP contribution in [0.1, 0.15) is 11.3 Å². The Balaban J connectivity index is 2.26. The number of amidine groups is 1. The zero-order valence-electron chi connectivity index (χ0n) is 11.1. The predicted molar refractivity (Wildman–Crippen MR) is 74.7 cm³/mol. The summed E-state index contributed by atoms with van der Waals surface area (Å²) in [6, 6.07) is 9.15. The molecule has 0 amide bonds. The van der Waals surface area contributed by atoms with Crippen molar-refractivity contribution in [2.75, 3.05) is 0 Å². The topological polar surface area (TPSA) is 124 Å². The van der Waals surface area contributed by atoms with Gasteiger partial charge in [-0.05, 0) is 25.1 Å². The van der Waals surface area contributed by atoms with Crippen LogP contribution in [0.3, 0.4) is 0 Å². The molecule has 2 aromatic rings. The summed E-state index contributed by atoms with van der Waals surface area (Å²) in [4.78, 5) is 14.3. The van der Waals surface area contributed by atoms with Gasteiger partial charge in [-0.3, -0.25) is 10.1 Å². The highest BCUT2D eigenvalue weighted by Gasteiger charge is 2.11. The maximum absolute atomic E-state index is 10.7. The highest BCUT2D eigenvalue weighted by molar-refractivity contribution is 5.95. The van der Waals surface area contributed by atoms with E-state index in [0.29, 0.717) is 11.3 Å². The Bertz CT molecular complexity index is 715. The van der Waals surface area contributed by atoms with Crippen molar-refractivity contribution in [1.82, 2.24) is 4.98 Å². The lowest BCUT2D eigenvalue weighted by Gasteiger charge is -2.07. The fraction of sp³-hybridized carbons (Fsp3) is 0.0769. The minimum absolute atomic E-state index is 0.0146. The van der Waals surface area contributed by atoms with Gasteiger partial charge in [0.25, 0.3) is 5.69 Å². The third kappa shape index (κ3) is 3.24. The lowest BCUT2D eigenvalue weighted by molar-refractivity contribution is -0.385. The first-order valence-corrected chi connectivity index (χ1v) is 5.89. The fourth-order valence-corrected chi connectivity index (χ4v) is 1.68. The van der Waals surface area contributed by atoms with E-state index in [-0.39, 0.29) is 23.1 Å². The highest BCUT2D eigenvalue weighted by Crippen LogP contribution is 2.26. The zero-order chi connectivity index (χ0) is 15.4. The summed E-state index contributed by atoms with van der Waals surface area (Å²) >= 11 is 0. The molecule has 0 saturated carbocycles. The van der Waals surface area contributed by atoms with E-state index in [1.165, 1.54) is 18.2 Å². The quantitative estimate of drug-likeness (QED) is 0.292. The lowest BCUT2D eigenvalue weighted by Crippen LogP contribution is -2.14. The van der Waals surface area contributed by atoms with Crippen LogP contribution < -0.4 is 10.5 Å². The second-order valence-electron chi connectivity index (χ2n) is 4.15. The van der Waals surface area contributed by atoms with Crippen LogP contribution in [-0.4, -0.2) is 21.0 Å². The van der Waals surface area contributed by atoms with Crippen LogP contribution in [0.15, 0.2) is 41.6 Å². The Kier molecular flexibility index (Phi) is 3.98. The summed E-state index contributed by atoms with van der Waals surface area (Å²) in [7, 11) is 0. The van der Waals surface area contributed by atoms with Gasteiger partial charge in [0.2, 0.25) is 5.88 Å². The number of aryl methyl sites for hydroxylation is 1. The molecule has 1 aromatic carbocycles. The SMILES string of the molecule is Cc1cc(Oc2cccc(C(N)=NO)n2)ccc1[N+](=O)[O-]. The van der Waals surface area contributed by atoms with E-state index < -0.39 is 4.92 Å². The molecule has 0 radical (unpaired) electrons. The van der Waals surface area contributed by atoms with Crippen LogP contribution in [-0.2, 0) is 0 Å². The van der Waals surface area contributed by atoms with Crippen molar-refractivity contribution >= 4 is 11.5 Å². The van der Waals surface area contributed by atoms with Crippen LogP contribution in [0.4, 0.5) is 5.69 Å². The smallest absolute Gasteiger partial charge is 0.272 e. The van der Waals surface area contributed by atoms with Crippen LogP contribution in [0.2, 0.25) is 0 Å². The van der Waals surface area contributed by atoms with E-state index in [2.05, 4.69) is 10.1 Å². The minimum Gasteiger partial charge on any atom is -0.439 e. The van der Waals surface area contributed by atoms with Gasteiger partial charge in [0.1, 0.15) is 11.4 Å². The molecule has 0 aliphatic rings. The molecule has 0 fully saturated rings.